The fourth-order valence-corrected chi connectivity index (χ4v) is 1.47. The maximum atomic E-state index is 11.7. The summed E-state index contributed by atoms with van der Waals surface area (Å²) in [6.07, 6.45) is 0. The molecule has 0 aliphatic rings. The second-order valence-electron chi connectivity index (χ2n) is 3.26. The molecule has 0 bridgehead atoms. The lowest BCUT2D eigenvalue weighted by Crippen LogP contribution is -2.22. The first kappa shape index (κ1) is 13.8. The second kappa shape index (κ2) is 6.47. The van der Waals surface area contributed by atoms with Gasteiger partial charge in [0.05, 0.1) is 22.2 Å². The second-order valence-corrected chi connectivity index (χ2v) is 3.93. The van der Waals surface area contributed by atoms with Gasteiger partial charge in [-0.25, -0.2) is 4.99 Å². The van der Waals surface area contributed by atoms with Gasteiger partial charge in [-0.05, 0) is 25.1 Å². The number of nitrogens with zero attached hydrogens (tertiary/aromatic N) is 1. The largest absolute Gasteiger partial charge is 0.386 e. The van der Waals surface area contributed by atoms with Crippen molar-refractivity contribution in [2.24, 2.45) is 10.7 Å². The van der Waals surface area contributed by atoms with E-state index in [1.165, 1.54) is 0 Å². The van der Waals surface area contributed by atoms with Crippen LogP contribution in [0.15, 0.2) is 23.2 Å². The minimum Gasteiger partial charge on any atom is -0.386 e. The SMILES string of the molecule is CCNC(=O)c1cc(N=C(N)CCl)ccc1Cl. The molecule has 4 nitrogen and oxygen atoms in total. The van der Waals surface area contributed by atoms with Gasteiger partial charge in [-0.2, -0.15) is 0 Å². The first-order valence-corrected chi connectivity index (χ1v) is 5.96. The molecule has 3 N–H and O–H groups in total. The maximum absolute atomic E-state index is 11.7. The highest BCUT2D eigenvalue weighted by molar-refractivity contribution is 6.34. The fraction of sp³-hybridized carbons (Fsp3) is 0.273. The molecule has 0 atom stereocenters. The van der Waals surface area contributed by atoms with Crippen LogP contribution in [0, 0.1) is 0 Å². The molecule has 0 unspecified atom stereocenters. The standard InChI is InChI=1S/C11H13Cl2N3O/c1-2-15-11(17)8-5-7(3-4-9(8)13)16-10(14)6-12/h3-5H,2,6H2,1H3,(H2,14,16)(H,15,17). The molecule has 92 valence electrons. The molecule has 0 saturated carbocycles. The number of nitrogens with one attached hydrogen (secondary N) is 1. The highest BCUT2D eigenvalue weighted by atomic mass is 35.5. The van der Waals surface area contributed by atoms with E-state index in [4.69, 9.17) is 28.9 Å². The molecule has 17 heavy (non-hydrogen) atoms. The Hall–Kier alpha value is -1.26. The van der Waals surface area contributed by atoms with Crippen molar-refractivity contribution in [3.8, 4) is 0 Å². The van der Waals surface area contributed by atoms with Gasteiger partial charge < -0.3 is 11.1 Å². The molecule has 0 heterocycles. The smallest absolute Gasteiger partial charge is 0.252 e. The Morgan fingerprint density at radius 2 is 2.24 bits per heavy atom. The van der Waals surface area contributed by atoms with Gasteiger partial charge in [0.15, 0.2) is 0 Å². The lowest BCUT2D eigenvalue weighted by Gasteiger charge is -2.05. The van der Waals surface area contributed by atoms with E-state index in [1.807, 2.05) is 6.92 Å². The summed E-state index contributed by atoms with van der Waals surface area (Å²) in [5, 5.41) is 3.04. The third kappa shape index (κ3) is 3.91. The number of carbonyl (C=O) groups is 1. The lowest BCUT2D eigenvalue weighted by atomic mass is 10.2. The average Bonchev–Trinajstić information content (AvgIpc) is 2.31. The van der Waals surface area contributed by atoms with Gasteiger partial charge in [0.1, 0.15) is 5.84 Å². The van der Waals surface area contributed by atoms with Crippen LogP contribution in [0.5, 0.6) is 0 Å². The molecule has 0 radical (unpaired) electrons. The van der Waals surface area contributed by atoms with Crippen LogP contribution in [0.3, 0.4) is 0 Å². The Kier molecular flexibility index (Phi) is 5.25. The molecule has 6 heteroatoms. The Bertz CT molecular complexity index is 446. The number of rotatable bonds is 4. The molecule has 0 aliphatic carbocycles. The third-order valence-corrected chi connectivity index (χ3v) is 2.54. The highest BCUT2D eigenvalue weighted by Gasteiger charge is 2.10. The van der Waals surface area contributed by atoms with Gasteiger partial charge in [-0.15, -0.1) is 11.6 Å². The zero-order chi connectivity index (χ0) is 12.8. The molecule has 0 saturated heterocycles. The number of alkyl halides is 1. The maximum Gasteiger partial charge on any atom is 0.252 e. The van der Waals surface area contributed by atoms with Crippen LogP contribution in [0.2, 0.25) is 5.02 Å². The van der Waals surface area contributed by atoms with Crippen LogP contribution in [0.1, 0.15) is 17.3 Å². The van der Waals surface area contributed by atoms with Crippen molar-refractivity contribution in [2.45, 2.75) is 6.92 Å². The number of hydrogen-bond donors (Lipinski definition) is 2. The van der Waals surface area contributed by atoms with E-state index in [0.29, 0.717) is 22.8 Å². The number of amides is 1. The van der Waals surface area contributed by atoms with Gasteiger partial charge in [-0.1, -0.05) is 11.6 Å². The zero-order valence-electron chi connectivity index (χ0n) is 9.34. The fourth-order valence-electron chi connectivity index (χ4n) is 1.21. The normalized spacial score (nSPS) is 11.4. The van der Waals surface area contributed by atoms with Crippen molar-refractivity contribution < 1.29 is 4.79 Å². The molecule has 1 aromatic rings. The van der Waals surface area contributed by atoms with Crippen LogP contribution in [-0.4, -0.2) is 24.2 Å². The number of carbonyl (C=O) groups excluding carboxylic acids is 1. The van der Waals surface area contributed by atoms with Gasteiger partial charge >= 0.3 is 0 Å². The lowest BCUT2D eigenvalue weighted by molar-refractivity contribution is 0.0956. The van der Waals surface area contributed by atoms with Crippen LogP contribution in [0.4, 0.5) is 5.69 Å². The Labute approximate surface area is 110 Å². The van der Waals surface area contributed by atoms with E-state index in [2.05, 4.69) is 10.3 Å². The van der Waals surface area contributed by atoms with Crippen molar-refractivity contribution in [3.05, 3.63) is 28.8 Å². The molecule has 1 aromatic carbocycles. The monoisotopic (exact) mass is 273 g/mol. The van der Waals surface area contributed by atoms with Crippen LogP contribution in [-0.2, 0) is 0 Å². The van der Waals surface area contributed by atoms with E-state index in [0.717, 1.165) is 0 Å². The van der Waals surface area contributed by atoms with E-state index >= 15 is 0 Å². The summed E-state index contributed by atoms with van der Waals surface area (Å²) in [4.78, 5) is 15.7. The van der Waals surface area contributed by atoms with Crippen molar-refractivity contribution in [2.75, 3.05) is 12.4 Å². The van der Waals surface area contributed by atoms with Gasteiger partial charge in [0.25, 0.3) is 5.91 Å². The van der Waals surface area contributed by atoms with E-state index in [9.17, 15) is 4.79 Å². The molecular weight excluding hydrogens is 261 g/mol. The van der Waals surface area contributed by atoms with E-state index in [1.54, 1.807) is 18.2 Å². The highest BCUT2D eigenvalue weighted by Crippen LogP contribution is 2.22. The Morgan fingerprint density at radius 1 is 1.53 bits per heavy atom. The number of amidine groups is 1. The quantitative estimate of drug-likeness (QED) is 0.502. The predicted octanol–water partition coefficient (Wildman–Crippen LogP) is 2.32. The van der Waals surface area contributed by atoms with E-state index < -0.39 is 0 Å². The number of benzene rings is 1. The van der Waals surface area contributed by atoms with Gasteiger partial charge in [0, 0.05) is 6.54 Å². The predicted molar refractivity (Wildman–Crippen MR) is 71.5 cm³/mol. The minimum absolute atomic E-state index is 0.138. The van der Waals surface area contributed by atoms with Crippen LogP contribution < -0.4 is 11.1 Å². The number of hydrogen-bond acceptors (Lipinski definition) is 2. The van der Waals surface area contributed by atoms with Crippen molar-refractivity contribution >= 4 is 40.6 Å². The molecule has 0 fully saturated rings. The summed E-state index contributed by atoms with van der Waals surface area (Å²) in [6.45, 7) is 2.37. The molecule has 0 aromatic heterocycles. The Morgan fingerprint density at radius 3 is 2.82 bits per heavy atom. The number of nitrogens with two attached hydrogens (primary N) is 1. The number of aliphatic imine (C=N–C) groups is 1. The molecular formula is C11H13Cl2N3O. The average molecular weight is 274 g/mol. The van der Waals surface area contributed by atoms with Crippen molar-refractivity contribution in [3.63, 3.8) is 0 Å². The van der Waals surface area contributed by atoms with Crippen molar-refractivity contribution in [1.82, 2.24) is 5.32 Å². The third-order valence-electron chi connectivity index (χ3n) is 1.94. The minimum atomic E-state index is -0.237. The zero-order valence-corrected chi connectivity index (χ0v) is 10.8. The van der Waals surface area contributed by atoms with Crippen LogP contribution >= 0.6 is 23.2 Å². The molecule has 0 spiro atoms. The summed E-state index contributed by atoms with van der Waals surface area (Å²) < 4.78 is 0. The first-order chi connectivity index (χ1) is 8.08. The van der Waals surface area contributed by atoms with Gasteiger partial charge in [0.2, 0.25) is 0 Å². The van der Waals surface area contributed by atoms with E-state index in [-0.39, 0.29) is 17.6 Å². The molecule has 1 amide bonds. The topological polar surface area (TPSA) is 67.5 Å². The Balaban J connectivity index is 3.06. The van der Waals surface area contributed by atoms with Crippen LogP contribution in [0.25, 0.3) is 0 Å². The van der Waals surface area contributed by atoms with Crippen molar-refractivity contribution in [1.29, 1.82) is 0 Å². The number of halogens is 2. The molecule has 0 aliphatic heterocycles. The summed E-state index contributed by atoms with van der Waals surface area (Å²) in [5.74, 6) is 0.189. The summed E-state index contributed by atoms with van der Waals surface area (Å²) >= 11 is 11.5. The summed E-state index contributed by atoms with van der Waals surface area (Å²) in [7, 11) is 0. The van der Waals surface area contributed by atoms with Gasteiger partial charge in [-0.3, -0.25) is 4.79 Å². The summed E-state index contributed by atoms with van der Waals surface area (Å²) in [5.41, 5.74) is 6.43. The molecule has 1 rings (SSSR count). The first-order valence-electron chi connectivity index (χ1n) is 5.05. The summed E-state index contributed by atoms with van der Waals surface area (Å²) in [6, 6.07) is 4.85.